The molecule has 0 radical (unpaired) electrons. The second-order valence-corrected chi connectivity index (χ2v) is 7.49. The number of carbonyl (C=O) groups is 2. The third-order valence-electron chi connectivity index (χ3n) is 3.63. The van der Waals surface area contributed by atoms with E-state index >= 15 is 0 Å². The Hall–Kier alpha value is -3.05. The molecular formula is C18H16BrN5O4S. The van der Waals surface area contributed by atoms with Gasteiger partial charge in [-0.3, -0.25) is 19.4 Å². The standard InChI is InChI=1S/C18H16BrN5O4S/c19-12-7-6-11(28-12)16(26)22-14-15(20)23-18(24-17(14)27)29-9-13(25)21-8-10-4-2-1-3-5-10/h1-7H,8-9H2,(H,21,25)(H,22,26)(H3,20,23,24,27). The zero-order valence-electron chi connectivity index (χ0n) is 14.9. The van der Waals surface area contributed by atoms with Crippen molar-refractivity contribution in [1.29, 1.82) is 0 Å². The number of nitrogens with one attached hydrogen (secondary N) is 3. The fraction of sp³-hybridized carbons (Fsp3) is 0.111. The Bertz CT molecular complexity index is 1080. The van der Waals surface area contributed by atoms with E-state index in [9.17, 15) is 14.4 Å². The molecular weight excluding hydrogens is 462 g/mol. The van der Waals surface area contributed by atoms with Crippen molar-refractivity contribution in [3.05, 3.63) is 68.8 Å². The number of aromatic nitrogens is 2. The number of benzene rings is 1. The van der Waals surface area contributed by atoms with E-state index in [1.54, 1.807) is 6.07 Å². The lowest BCUT2D eigenvalue weighted by Crippen LogP contribution is -2.25. The first-order chi connectivity index (χ1) is 13.9. The Morgan fingerprint density at radius 1 is 1.21 bits per heavy atom. The summed E-state index contributed by atoms with van der Waals surface area (Å²) in [5.74, 6) is -0.984. The van der Waals surface area contributed by atoms with Crippen LogP contribution in [0.1, 0.15) is 16.1 Å². The summed E-state index contributed by atoms with van der Waals surface area (Å²) in [6.45, 7) is 0.403. The van der Waals surface area contributed by atoms with E-state index in [0.717, 1.165) is 17.3 Å². The number of halogens is 1. The summed E-state index contributed by atoms with van der Waals surface area (Å²) in [6.07, 6.45) is 0. The molecule has 5 N–H and O–H groups in total. The molecule has 0 fully saturated rings. The third kappa shape index (κ3) is 5.72. The molecule has 3 rings (SSSR count). The Balaban J connectivity index is 1.58. The van der Waals surface area contributed by atoms with Gasteiger partial charge in [0.2, 0.25) is 5.91 Å². The number of nitrogen functional groups attached to an aromatic ring is 1. The van der Waals surface area contributed by atoms with Crippen molar-refractivity contribution < 1.29 is 14.0 Å². The molecule has 2 aromatic heterocycles. The van der Waals surface area contributed by atoms with Gasteiger partial charge in [-0.25, -0.2) is 4.98 Å². The molecule has 29 heavy (non-hydrogen) atoms. The van der Waals surface area contributed by atoms with E-state index in [1.165, 1.54) is 6.07 Å². The minimum absolute atomic E-state index is 0.00390. The molecule has 0 atom stereocenters. The summed E-state index contributed by atoms with van der Waals surface area (Å²) in [5.41, 5.74) is 5.94. The molecule has 0 aliphatic rings. The van der Waals surface area contributed by atoms with Crippen LogP contribution in [0.3, 0.4) is 0 Å². The third-order valence-corrected chi connectivity index (χ3v) is 4.93. The molecule has 9 nitrogen and oxygen atoms in total. The average molecular weight is 478 g/mol. The van der Waals surface area contributed by atoms with Gasteiger partial charge in [0.1, 0.15) is 0 Å². The summed E-state index contributed by atoms with van der Waals surface area (Å²) < 4.78 is 5.50. The van der Waals surface area contributed by atoms with Crippen molar-refractivity contribution in [3.8, 4) is 0 Å². The van der Waals surface area contributed by atoms with E-state index in [0.29, 0.717) is 11.2 Å². The highest BCUT2D eigenvalue weighted by atomic mass is 79.9. The topological polar surface area (TPSA) is 143 Å². The zero-order valence-corrected chi connectivity index (χ0v) is 17.3. The number of nitrogens with zero attached hydrogens (tertiary/aromatic N) is 1. The highest BCUT2D eigenvalue weighted by Crippen LogP contribution is 2.19. The van der Waals surface area contributed by atoms with Crippen molar-refractivity contribution in [2.45, 2.75) is 11.7 Å². The summed E-state index contributed by atoms with van der Waals surface area (Å²) in [6, 6.07) is 12.5. The van der Waals surface area contributed by atoms with Crippen molar-refractivity contribution >= 4 is 51.0 Å². The van der Waals surface area contributed by atoms with E-state index < -0.39 is 11.5 Å². The number of rotatable bonds is 7. The fourth-order valence-corrected chi connectivity index (χ4v) is 3.26. The van der Waals surface area contributed by atoms with Crippen LogP contribution in [0.4, 0.5) is 11.5 Å². The van der Waals surface area contributed by atoms with E-state index in [-0.39, 0.29) is 34.1 Å². The van der Waals surface area contributed by atoms with Gasteiger partial charge in [-0.2, -0.15) is 0 Å². The highest BCUT2D eigenvalue weighted by molar-refractivity contribution is 9.10. The van der Waals surface area contributed by atoms with E-state index in [4.69, 9.17) is 10.2 Å². The first-order valence-corrected chi connectivity index (χ1v) is 10.1. The lowest BCUT2D eigenvalue weighted by Gasteiger charge is -2.08. The molecule has 2 amide bonds. The summed E-state index contributed by atoms with van der Waals surface area (Å²) in [5, 5.41) is 5.31. The molecule has 2 heterocycles. The van der Waals surface area contributed by atoms with Gasteiger partial charge in [0.25, 0.3) is 11.5 Å². The van der Waals surface area contributed by atoms with E-state index in [2.05, 4.69) is 36.5 Å². The van der Waals surface area contributed by atoms with Crippen molar-refractivity contribution in [2.24, 2.45) is 0 Å². The molecule has 3 aromatic rings. The van der Waals surface area contributed by atoms with Crippen LogP contribution >= 0.6 is 27.7 Å². The van der Waals surface area contributed by atoms with Crippen LogP contribution in [-0.4, -0.2) is 27.5 Å². The molecule has 0 aliphatic heterocycles. The molecule has 11 heteroatoms. The van der Waals surface area contributed by atoms with Crippen LogP contribution in [-0.2, 0) is 11.3 Å². The maximum Gasteiger partial charge on any atom is 0.291 e. The molecule has 150 valence electrons. The fourth-order valence-electron chi connectivity index (χ4n) is 2.25. The number of carbonyl (C=O) groups excluding carboxylic acids is 2. The predicted molar refractivity (Wildman–Crippen MR) is 113 cm³/mol. The van der Waals surface area contributed by atoms with Gasteiger partial charge in [0.05, 0.1) is 5.75 Å². The lowest BCUT2D eigenvalue weighted by molar-refractivity contribution is -0.118. The second kappa shape index (κ2) is 9.43. The van der Waals surface area contributed by atoms with Crippen molar-refractivity contribution in [3.63, 3.8) is 0 Å². The molecule has 0 aliphatic carbocycles. The van der Waals surface area contributed by atoms with Gasteiger partial charge in [0, 0.05) is 6.54 Å². The maximum atomic E-state index is 12.2. The van der Waals surface area contributed by atoms with Gasteiger partial charge in [0.15, 0.2) is 27.1 Å². The van der Waals surface area contributed by atoms with Gasteiger partial charge in [-0.1, -0.05) is 42.1 Å². The smallest absolute Gasteiger partial charge is 0.291 e. The average Bonchev–Trinajstić information content (AvgIpc) is 3.14. The Labute approximate surface area is 177 Å². The Morgan fingerprint density at radius 3 is 2.62 bits per heavy atom. The summed E-state index contributed by atoms with van der Waals surface area (Å²) in [7, 11) is 0. The second-order valence-electron chi connectivity index (χ2n) is 5.74. The first kappa shape index (κ1) is 20.7. The molecule has 0 spiro atoms. The molecule has 0 bridgehead atoms. The number of nitrogens with two attached hydrogens (primary N) is 1. The monoisotopic (exact) mass is 477 g/mol. The zero-order chi connectivity index (χ0) is 20.8. The molecule has 0 saturated heterocycles. The number of aromatic amines is 1. The quantitative estimate of drug-likeness (QED) is 0.302. The maximum absolute atomic E-state index is 12.2. The van der Waals surface area contributed by atoms with Crippen LogP contribution in [0.25, 0.3) is 0 Å². The van der Waals surface area contributed by atoms with Crippen molar-refractivity contribution in [2.75, 3.05) is 16.8 Å². The minimum Gasteiger partial charge on any atom is -0.444 e. The minimum atomic E-state index is -0.643. The van der Waals surface area contributed by atoms with Gasteiger partial charge < -0.3 is 20.8 Å². The highest BCUT2D eigenvalue weighted by Gasteiger charge is 2.17. The van der Waals surface area contributed by atoms with Gasteiger partial charge in [-0.05, 0) is 33.6 Å². The summed E-state index contributed by atoms with van der Waals surface area (Å²) in [4.78, 5) is 42.8. The molecule has 1 aromatic carbocycles. The Kier molecular flexibility index (Phi) is 6.73. The predicted octanol–water partition coefficient (Wildman–Crippen LogP) is 2.37. The van der Waals surface area contributed by atoms with Gasteiger partial charge in [-0.15, -0.1) is 0 Å². The first-order valence-electron chi connectivity index (χ1n) is 8.32. The van der Waals surface area contributed by atoms with Crippen LogP contribution in [0.5, 0.6) is 0 Å². The number of hydrogen-bond acceptors (Lipinski definition) is 7. The number of furan rings is 1. The number of thioether (sulfide) groups is 1. The normalized spacial score (nSPS) is 10.5. The van der Waals surface area contributed by atoms with Crippen molar-refractivity contribution in [1.82, 2.24) is 15.3 Å². The van der Waals surface area contributed by atoms with Crippen LogP contribution in [0.15, 0.2) is 61.5 Å². The Morgan fingerprint density at radius 2 is 1.97 bits per heavy atom. The lowest BCUT2D eigenvalue weighted by atomic mass is 10.2. The van der Waals surface area contributed by atoms with E-state index in [1.807, 2.05) is 30.3 Å². The number of amides is 2. The van der Waals surface area contributed by atoms with Crippen LogP contribution in [0, 0.1) is 0 Å². The number of anilines is 2. The van der Waals surface area contributed by atoms with Gasteiger partial charge >= 0.3 is 0 Å². The number of hydrogen-bond donors (Lipinski definition) is 4. The number of H-pyrrole nitrogens is 1. The summed E-state index contributed by atoms with van der Waals surface area (Å²) >= 11 is 4.11. The molecule has 0 saturated carbocycles. The molecule has 0 unspecified atom stereocenters. The van der Waals surface area contributed by atoms with Crippen LogP contribution in [0.2, 0.25) is 0 Å². The SMILES string of the molecule is Nc1nc(SCC(=O)NCc2ccccc2)[nH]c(=O)c1NC(=O)c1ccc(Br)o1. The van der Waals surface area contributed by atoms with Crippen LogP contribution < -0.4 is 21.9 Å². The largest absolute Gasteiger partial charge is 0.444 e.